The van der Waals surface area contributed by atoms with E-state index in [0.717, 1.165) is 20.1 Å². The lowest BCUT2D eigenvalue weighted by Gasteiger charge is -2.33. The van der Waals surface area contributed by atoms with Crippen molar-refractivity contribution in [1.82, 2.24) is 9.88 Å². The van der Waals surface area contributed by atoms with Gasteiger partial charge >= 0.3 is 0 Å². The molecule has 0 aliphatic carbocycles. The zero-order chi connectivity index (χ0) is 17.1. The van der Waals surface area contributed by atoms with Crippen molar-refractivity contribution in [3.8, 4) is 0 Å². The van der Waals surface area contributed by atoms with Crippen LogP contribution in [-0.4, -0.2) is 41.2 Å². The number of thioether (sulfide) groups is 1. The number of thiazole rings is 1. The summed E-state index contributed by atoms with van der Waals surface area (Å²) in [5, 5.41) is 0. The normalized spacial score (nSPS) is 17.8. The van der Waals surface area contributed by atoms with Crippen LogP contribution in [0.15, 0.2) is 58.9 Å². The number of hydrogen-bond donors (Lipinski definition) is 0. The van der Waals surface area contributed by atoms with Gasteiger partial charge in [0.05, 0.1) is 29.1 Å². The lowest BCUT2D eigenvalue weighted by molar-refractivity contribution is -0.136. The molecule has 2 heterocycles. The summed E-state index contributed by atoms with van der Waals surface area (Å²) in [6.45, 7) is 1.85. The van der Waals surface area contributed by atoms with E-state index in [4.69, 9.17) is 4.74 Å². The summed E-state index contributed by atoms with van der Waals surface area (Å²) < 4.78 is 7.94. The zero-order valence-corrected chi connectivity index (χ0v) is 15.3. The van der Waals surface area contributed by atoms with E-state index in [1.54, 1.807) is 11.3 Å². The Labute approximate surface area is 154 Å². The monoisotopic (exact) mass is 370 g/mol. The molecule has 1 fully saturated rings. The maximum Gasteiger partial charge on any atom is 0.233 e. The molecule has 1 atom stereocenters. The summed E-state index contributed by atoms with van der Waals surface area (Å²) >= 11 is 3.16. The van der Waals surface area contributed by atoms with Gasteiger partial charge in [0.2, 0.25) is 5.91 Å². The number of hydrogen-bond acceptors (Lipinski definition) is 5. The largest absolute Gasteiger partial charge is 0.370 e. The summed E-state index contributed by atoms with van der Waals surface area (Å²) in [4.78, 5) is 19.1. The van der Waals surface area contributed by atoms with E-state index >= 15 is 0 Å². The number of carbonyl (C=O) groups excluding carboxylic acids is 1. The predicted octanol–water partition coefficient (Wildman–Crippen LogP) is 3.99. The molecule has 1 amide bonds. The Morgan fingerprint density at radius 3 is 2.84 bits per heavy atom. The molecule has 25 heavy (non-hydrogen) atoms. The van der Waals surface area contributed by atoms with Crippen LogP contribution >= 0.6 is 23.1 Å². The molecule has 0 N–H and O–H groups in total. The van der Waals surface area contributed by atoms with Gasteiger partial charge in [0.1, 0.15) is 6.10 Å². The fourth-order valence-corrected chi connectivity index (χ4v) is 4.84. The molecule has 0 spiro atoms. The highest BCUT2D eigenvalue weighted by Crippen LogP contribution is 2.30. The fraction of sp³-hybridized carbons (Fsp3) is 0.263. The van der Waals surface area contributed by atoms with Gasteiger partial charge in [-0.25, -0.2) is 4.98 Å². The van der Waals surface area contributed by atoms with Gasteiger partial charge in [0.15, 0.2) is 4.34 Å². The molecule has 128 valence electrons. The number of amides is 1. The molecule has 0 radical (unpaired) electrons. The van der Waals surface area contributed by atoms with Gasteiger partial charge in [-0.15, -0.1) is 11.3 Å². The number of rotatable bonds is 4. The van der Waals surface area contributed by atoms with E-state index < -0.39 is 0 Å². The predicted molar refractivity (Wildman–Crippen MR) is 102 cm³/mol. The molecule has 4 nitrogen and oxygen atoms in total. The lowest BCUT2D eigenvalue weighted by Crippen LogP contribution is -2.43. The highest BCUT2D eigenvalue weighted by molar-refractivity contribution is 8.01. The quantitative estimate of drug-likeness (QED) is 0.651. The average Bonchev–Trinajstić information content (AvgIpc) is 3.10. The molecular weight excluding hydrogens is 352 g/mol. The minimum absolute atomic E-state index is 0.0358. The number of benzene rings is 2. The average molecular weight is 370 g/mol. The third kappa shape index (κ3) is 3.86. The van der Waals surface area contributed by atoms with Crippen molar-refractivity contribution in [2.75, 3.05) is 25.4 Å². The summed E-state index contributed by atoms with van der Waals surface area (Å²) in [5.74, 6) is 0.565. The Hall–Kier alpha value is -1.89. The molecule has 1 aliphatic heterocycles. The number of ether oxygens (including phenoxy) is 1. The van der Waals surface area contributed by atoms with Crippen molar-refractivity contribution in [1.29, 1.82) is 0 Å². The van der Waals surface area contributed by atoms with Gasteiger partial charge in [-0.05, 0) is 17.7 Å². The van der Waals surface area contributed by atoms with E-state index in [1.165, 1.54) is 11.8 Å². The van der Waals surface area contributed by atoms with Crippen LogP contribution in [0.5, 0.6) is 0 Å². The van der Waals surface area contributed by atoms with E-state index in [1.807, 2.05) is 41.3 Å². The second-order valence-electron chi connectivity index (χ2n) is 5.85. The molecule has 1 saturated heterocycles. The highest BCUT2D eigenvalue weighted by Gasteiger charge is 2.25. The van der Waals surface area contributed by atoms with Crippen LogP contribution in [0.4, 0.5) is 0 Å². The van der Waals surface area contributed by atoms with E-state index in [0.29, 0.717) is 25.4 Å². The first-order chi connectivity index (χ1) is 12.3. The number of fused-ring (bicyclic) bond motifs is 1. The molecule has 0 saturated carbocycles. The van der Waals surface area contributed by atoms with Crippen molar-refractivity contribution in [3.05, 3.63) is 60.2 Å². The van der Waals surface area contributed by atoms with Gasteiger partial charge in [-0.1, -0.05) is 54.2 Å². The smallest absolute Gasteiger partial charge is 0.233 e. The summed E-state index contributed by atoms with van der Waals surface area (Å²) in [7, 11) is 0. The SMILES string of the molecule is O=C(CSc1nc2ccccc2s1)N1CCOC(c2ccccc2)C1. The van der Waals surface area contributed by atoms with Crippen molar-refractivity contribution < 1.29 is 9.53 Å². The molecule has 2 aromatic carbocycles. The Morgan fingerprint density at radius 1 is 1.20 bits per heavy atom. The maximum absolute atomic E-state index is 12.6. The standard InChI is InChI=1S/C19H18N2O2S2/c22-18(13-24-19-20-15-8-4-5-9-17(15)25-19)21-10-11-23-16(12-21)14-6-2-1-3-7-14/h1-9,16H,10-13H2. The van der Waals surface area contributed by atoms with Gasteiger partial charge in [-0.3, -0.25) is 4.79 Å². The first-order valence-corrected chi connectivity index (χ1v) is 10.0. The third-order valence-corrected chi connectivity index (χ3v) is 6.35. The molecule has 3 aromatic rings. The first-order valence-electron chi connectivity index (χ1n) is 8.22. The van der Waals surface area contributed by atoms with Crippen molar-refractivity contribution in [3.63, 3.8) is 0 Å². The second-order valence-corrected chi connectivity index (χ2v) is 8.10. The summed E-state index contributed by atoms with van der Waals surface area (Å²) in [6, 6.07) is 18.2. The number of nitrogens with zero attached hydrogens (tertiary/aromatic N) is 2. The highest BCUT2D eigenvalue weighted by atomic mass is 32.2. The third-order valence-electron chi connectivity index (χ3n) is 4.18. The van der Waals surface area contributed by atoms with E-state index in [2.05, 4.69) is 23.2 Å². The Kier molecular flexibility index (Phi) is 5.01. The molecule has 1 aromatic heterocycles. The number of aromatic nitrogens is 1. The summed E-state index contributed by atoms with van der Waals surface area (Å²) in [6.07, 6.45) is -0.0358. The van der Waals surface area contributed by atoms with Crippen molar-refractivity contribution >= 4 is 39.2 Å². The van der Waals surface area contributed by atoms with Crippen LogP contribution in [0.25, 0.3) is 10.2 Å². The molecule has 1 unspecified atom stereocenters. The van der Waals surface area contributed by atoms with Crippen LogP contribution in [-0.2, 0) is 9.53 Å². The molecular formula is C19H18N2O2S2. The van der Waals surface area contributed by atoms with Crippen molar-refractivity contribution in [2.24, 2.45) is 0 Å². The van der Waals surface area contributed by atoms with Crippen LogP contribution in [0.1, 0.15) is 11.7 Å². The molecule has 6 heteroatoms. The molecule has 1 aliphatic rings. The van der Waals surface area contributed by atoms with Crippen LogP contribution in [0.2, 0.25) is 0 Å². The van der Waals surface area contributed by atoms with Gasteiger partial charge < -0.3 is 9.64 Å². The molecule has 4 rings (SSSR count). The van der Waals surface area contributed by atoms with E-state index in [9.17, 15) is 4.79 Å². The Morgan fingerprint density at radius 2 is 2.00 bits per heavy atom. The Balaban J connectivity index is 1.37. The van der Waals surface area contributed by atoms with Crippen LogP contribution < -0.4 is 0 Å². The first kappa shape index (κ1) is 16.6. The molecule has 0 bridgehead atoms. The van der Waals surface area contributed by atoms with Gasteiger partial charge in [0, 0.05) is 6.54 Å². The lowest BCUT2D eigenvalue weighted by atomic mass is 10.1. The van der Waals surface area contributed by atoms with Crippen molar-refractivity contribution in [2.45, 2.75) is 10.4 Å². The minimum atomic E-state index is -0.0358. The van der Waals surface area contributed by atoms with Gasteiger partial charge in [0.25, 0.3) is 0 Å². The summed E-state index contributed by atoms with van der Waals surface area (Å²) in [5.41, 5.74) is 2.12. The van der Waals surface area contributed by atoms with Crippen LogP contribution in [0.3, 0.4) is 0 Å². The minimum Gasteiger partial charge on any atom is -0.370 e. The number of carbonyl (C=O) groups is 1. The zero-order valence-electron chi connectivity index (χ0n) is 13.6. The van der Waals surface area contributed by atoms with Crippen LogP contribution in [0, 0.1) is 0 Å². The van der Waals surface area contributed by atoms with Gasteiger partial charge in [-0.2, -0.15) is 0 Å². The fourth-order valence-electron chi connectivity index (χ4n) is 2.87. The second kappa shape index (κ2) is 7.56. The number of morpholine rings is 1. The Bertz CT molecular complexity index is 833. The number of para-hydroxylation sites is 1. The van der Waals surface area contributed by atoms with E-state index in [-0.39, 0.29) is 12.0 Å². The topological polar surface area (TPSA) is 42.4 Å². The maximum atomic E-state index is 12.6.